The molecule has 1 aromatic carbocycles. The maximum absolute atomic E-state index is 5.28. The largest absolute Gasteiger partial charge is 0.454 e. The molecule has 0 unspecified atom stereocenters. The van der Waals surface area contributed by atoms with Gasteiger partial charge in [0.2, 0.25) is 12.7 Å². The molecule has 0 radical (unpaired) electrons. The third-order valence-corrected chi connectivity index (χ3v) is 2.28. The van der Waals surface area contributed by atoms with E-state index in [1.807, 2.05) is 18.2 Å². The van der Waals surface area contributed by atoms with Gasteiger partial charge in [-0.3, -0.25) is 0 Å². The summed E-state index contributed by atoms with van der Waals surface area (Å²) in [5.74, 6) is 1.94. The molecule has 2 aromatic rings. The van der Waals surface area contributed by atoms with Crippen molar-refractivity contribution in [3.8, 4) is 11.5 Å². The summed E-state index contributed by atoms with van der Waals surface area (Å²) in [4.78, 5) is 12.2. The van der Waals surface area contributed by atoms with E-state index >= 15 is 0 Å². The van der Waals surface area contributed by atoms with E-state index in [9.17, 15) is 0 Å². The van der Waals surface area contributed by atoms with E-state index in [2.05, 4.69) is 15.0 Å². The first-order valence-electron chi connectivity index (χ1n) is 5.12. The maximum atomic E-state index is 5.28. The number of benzene rings is 1. The van der Waals surface area contributed by atoms with Crippen LogP contribution in [0.3, 0.4) is 0 Å². The average molecular weight is 227 g/mol. The average Bonchev–Trinajstić information content (AvgIpc) is 2.85. The number of fused-ring (bicyclic) bond motifs is 1. The number of aliphatic imine (C=N–C) groups is 1. The van der Waals surface area contributed by atoms with Crippen LogP contribution in [0.5, 0.6) is 11.5 Å². The van der Waals surface area contributed by atoms with Gasteiger partial charge in [-0.25, -0.2) is 15.0 Å². The molecule has 0 saturated carbocycles. The highest BCUT2D eigenvalue weighted by Crippen LogP contribution is 2.32. The molecule has 0 fully saturated rings. The molecule has 17 heavy (non-hydrogen) atoms. The van der Waals surface area contributed by atoms with Crippen molar-refractivity contribution in [3.63, 3.8) is 0 Å². The quantitative estimate of drug-likeness (QED) is 0.736. The third kappa shape index (κ3) is 2.08. The molecular weight excluding hydrogens is 218 g/mol. The molecular formula is C12H9N3O2. The van der Waals surface area contributed by atoms with Crippen molar-refractivity contribution in [2.45, 2.75) is 0 Å². The van der Waals surface area contributed by atoms with Crippen LogP contribution in [-0.4, -0.2) is 23.0 Å². The first-order valence-corrected chi connectivity index (χ1v) is 5.12. The van der Waals surface area contributed by atoms with Gasteiger partial charge in [0.1, 0.15) is 0 Å². The lowest BCUT2D eigenvalue weighted by Gasteiger charge is -1.96. The third-order valence-electron chi connectivity index (χ3n) is 2.28. The van der Waals surface area contributed by atoms with Crippen LogP contribution in [0.2, 0.25) is 0 Å². The molecule has 1 aliphatic heterocycles. The zero-order chi connectivity index (χ0) is 11.5. The van der Waals surface area contributed by atoms with Crippen LogP contribution in [0.4, 0.5) is 5.95 Å². The monoisotopic (exact) mass is 227 g/mol. The first-order chi connectivity index (χ1) is 8.42. The van der Waals surface area contributed by atoms with Gasteiger partial charge < -0.3 is 9.47 Å². The standard InChI is InChI=1S/C12H9N3O2/c1-4-13-12(14-5-1)15-7-9-2-3-10-11(6-9)17-8-16-10/h1-7H,8H2/b15-7+. The fourth-order valence-corrected chi connectivity index (χ4v) is 1.48. The molecule has 0 aliphatic carbocycles. The van der Waals surface area contributed by atoms with E-state index in [0.29, 0.717) is 5.95 Å². The van der Waals surface area contributed by atoms with Gasteiger partial charge in [-0.15, -0.1) is 0 Å². The molecule has 3 rings (SSSR count). The summed E-state index contributed by atoms with van der Waals surface area (Å²) in [6.07, 6.45) is 5.00. The van der Waals surface area contributed by atoms with Crippen molar-refractivity contribution in [1.29, 1.82) is 0 Å². The van der Waals surface area contributed by atoms with Gasteiger partial charge in [-0.05, 0) is 29.8 Å². The predicted molar refractivity (Wildman–Crippen MR) is 61.9 cm³/mol. The van der Waals surface area contributed by atoms with E-state index in [0.717, 1.165) is 17.1 Å². The Balaban J connectivity index is 1.84. The van der Waals surface area contributed by atoms with E-state index in [4.69, 9.17) is 9.47 Å². The summed E-state index contributed by atoms with van der Waals surface area (Å²) < 4.78 is 10.5. The number of hydrogen-bond donors (Lipinski definition) is 0. The van der Waals surface area contributed by atoms with Crippen LogP contribution in [-0.2, 0) is 0 Å². The smallest absolute Gasteiger partial charge is 0.249 e. The van der Waals surface area contributed by atoms with Crippen molar-refractivity contribution in [2.75, 3.05) is 6.79 Å². The first kappa shape index (κ1) is 9.77. The highest BCUT2D eigenvalue weighted by Gasteiger charge is 2.12. The van der Waals surface area contributed by atoms with Crippen LogP contribution in [0, 0.1) is 0 Å². The van der Waals surface area contributed by atoms with Gasteiger partial charge in [0.15, 0.2) is 11.5 Å². The number of rotatable bonds is 2. The molecule has 0 N–H and O–H groups in total. The number of aromatic nitrogens is 2. The Bertz CT molecular complexity index is 555. The lowest BCUT2D eigenvalue weighted by atomic mass is 10.2. The summed E-state index contributed by atoms with van der Waals surface area (Å²) in [5, 5.41) is 0. The van der Waals surface area contributed by atoms with Crippen molar-refractivity contribution < 1.29 is 9.47 Å². The summed E-state index contributed by atoms with van der Waals surface area (Å²) in [5.41, 5.74) is 0.918. The molecule has 0 saturated heterocycles. The van der Waals surface area contributed by atoms with E-state index in [-0.39, 0.29) is 6.79 Å². The minimum atomic E-state index is 0.276. The summed E-state index contributed by atoms with van der Waals surface area (Å²) in [7, 11) is 0. The number of nitrogens with zero attached hydrogens (tertiary/aromatic N) is 3. The molecule has 0 spiro atoms. The second-order valence-electron chi connectivity index (χ2n) is 3.42. The van der Waals surface area contributed by atoms with Crippen LogP contribution in [0.1, 0.15) is 5.56 Å². The van der Waals surface area contributed by atoms with Crippen molar-refractivity contribution in [1.82, 2.24) is 9.97 Å². The number of hydrogen-bond acceptors (Lipinski definition) is 5. The van der Waals surface area contributed by atoms with E-state index < -0.39 is 0 Å². The van der Waals surface area contributed by atoms with Crippen LogP contribution in [0.25, 0.3) is 0 Å². The highest BCUT2D eigenvalue weighted by atomic mass is 16.7. The van der Waals surface area contributed by atoms with Gasteiger partial charge >= 0.3 is 0 Å². The molecule has 1 aliphatic rings. The number of ether oxygens (including phenoxy) is 2. The fraction of sp³-hybridized carbons (Fsp3) is 0.0833. The van der Waals surface area contributed by atoms with Gasteiger partial charge in [-0.2, -0.15) is 0 Å². The van der Waals surface area contributed by atoms with Crippen molar-refractivity contribution in [2.24, 2.45) is 4.99 Å². The Morgan fingerprint density at radius 3 is 2.82 bits per heavy atom. The lowest BCUT2D eigenvalue weighted by molar-refractivity contribution is 0.174. The van der Waals surface area contributed by atoms with E-state index in [1.165, 1.54) is 0 Å². The van der Waals surface area contributed by atoms with Gasteiger partial charge in [0, 0.05) is 18.6 Å². The van der Waals surface area contributed by atoms with Gasteiger partial charge in [-0.1, -0.05) is 0 Å². The maximum Gasteiger partial charge on any atom is 0.249 e. The molecule has 1 aromatic heterocycles. The predicted octanol–water partition coefficient (Wildman–Crippen LogP) is 1.96. The summed E-state index contributed by atoms with van der Waals surface area (Å²) >= 11 is 0. The summed E-state index contributed by atoms with van der Waals surface area (Å²) in [6.45, 7) is 0.276. The van der Waals surface area contributed by atoms with E-state index in [1.54, 1.807) is 24.7 Å². The molecule has 0 amide bonds. The zero-order valence-corrected chi connectivity index (χ0v) is 8.91. The molecule has 0 bridgehead atoms. The highest BCUT2D eigenvalue weighted by molar-refractivity contribution is 5.82. The molecule has 5 nitrogen and oxygen atoms in total. The van der Waals surface area contributed by atoms with Gasteiger partial charge in [0.25, 0.3) is 0 Å². The molecule has 0 atom stereocenters. The Hall–Kier alpha value is -2.43. The second-order valence-corrected chi connectivity index (χ2v) is 3.42. The minimum absolute atomic E-state index is 0.276. The van der Waals surface area contributed by atoms with Crippen LogP contribution in [0.15, 0.2) is 41.7 Å². The Labute approximate surface area is 97.8 Å². The van der Waals surface area contributed by atoms with Crippen molar-refractivity contribution >= 4 is 12.2 Å². The second kappa shape index (κ2) is 4.21. The van der Waals surface area contributed by atoms with Crippen LogP contribution < -0.4 is 9.47 Å². The SMILES string of the molecule is C(=N\c1ncccn1)/c1ccc2c(c1)OCO2. The van der Waals surface area contributed by atoms with Crippen LogP contribution >= 0.6 is 0 Å². The normalized spacial score (nSPS) is 13.2. The Morgan fingerprint density at radius 1 is 1.12 bits per heavy atom. The Kier molecular flexibility index (Phi) is 2.42. The minimum Gasteiger partial charge on any atom is -0.454 e. The molecule has 5 heteroatoms. The van der Waals surface area contributed by atoms with Gasteiger partial charge in [0.05, 0.1) is 0 Å². The van der Waals surface area contributed by atoms with Crippen molar-refractivity contribution in [3.05, 3.63) is 42.2 Å². The Morgan fingerprint density at radius 2 is 1.94 bits per heavy atom. The zero-order valence-electron chi connectivity index (χ0n) is 8.91. The fourth-order valence-electron chi connectivity index (χ4n) is 1.48. The topological polar surface area (TPSA) is 56.6 Å². The molecule has 84 valence electrons. The summed E-state index contributed by atoms with van der Waals surface area (Å²) in [6, 6.07) is 7.38. The lowest BCUT2D eigenvalue weighted by Crippen LogP contribution is -1.92. The molecule has 2 heterocycles.